The van der Waals surface area contributed by atoms with Crippen molar-refractivity contribution in [3.8, 4) is 0 Å². The quantitative estimate of drug-likeness (QED) is 0.0197. The van der Waals surface area contributed by atoms with E-state index in [1.165, 1.54) is 83.5 Å². The van der Waals surface area contributed by atoms with Crippen molar-refractivity contribution in [2.24, 2.45) is 0 Å². The van der Waals surface area contributed by atoms with Gasteiger partial charge >= 0.3 is 25.7 Å². The Hall–Kier alpha value is -3.86. The van der Waals surface area contributed by atoms with Crippen LogP contribution in [-0.4, -0.2) is 66.5 Å². The van der Waals surface area contributed by atoms with Gasteiger partial charge in [-0.25, -0.2) is 4.57 Å². The number of ether oxygens (including phenoxy) is 3. The molecule has 0 aromatic heterocycles. The SMILES string of the molecule is CC/C=C\C/C=C\C/C=C\C/C=C\C/C=C\CC(=O)OCC(COP(=O)(O)OCC(CO)OC(=O)CCCCCCCCCCCCCCCCCCC)OC(=O)CCCCCCCC/C=C\C/C=C\C/C=C\C/C=C\CC. The number of phosphoric acid groups is 1. The van der Waals surface area contributed by atoms with Crippen molar-refractivity contribution in [2.45, 2.75) is 264 Å². The van der Waals surface area contributed by atoms with Crippen LogP contribution < -0.4 is 0 Å². The molecule has 0 bridgehead atoms. The zero-order valence-corrected chi connectivity index (χ0v) is 50.2. The van der Waals surface area contributed by atoms with Crippen LogP contribution in [0.2, 0.25) is 0 Å². The average Bonchev–Trinajstić information content (AvgIpc) is 3.43. The van der Waals surface area contributed by atoms with E-state index >= 15 is 0 Å². The Bertz CT molecular complexity index is 1720. The van der Waals surface area contributed by atoms with Gasteiger partial charge in [0.1, 0.15) is 12.7 Å². The number of allylic oxidation sites excluding steroid dienone is 17. The van der Waals surface area contributed by atoms with E-state index in [0.717, 1.165) is 109 Å². The Balaban J connectivity index is 4.80. The Labute approximate surface area is 475 Å². The van der Waals surface area contributed by atoms with Crippen LogP contribution in [0, 0.1) is 0 Å². The lowest BCUT2D eigenvalue weighted by atomic mass is 10.0. The second-order valence-corrected chi connectivity index (χ2v) is 21.6. The summed E-state index contributed by atoms with van der Waals surface area (Å²) in [5, 5.41) is 9.84. The van der Waals surface area contributed by atoms with Gasteiger partial charge in [-0.1, -0.05) is 259 Å². The van der Waals surface area contributed by atoms with Crippen molar-refractivity contribution in [3.63, 3.8) is 0 Å². The highest BCUT2D eigenvalue weighted by molar-refractivity contribution is 7.47. The van der Waals surface area contributed by atoms with Gasteiger partial charge in [0.05, 0.1) is 26.2 Å². The van der Waals surface area contributed by atoms with E-state index in [1.54, 1.807) is 6.08 Å². The molecular formula is C66H111O11P. The zero-order valence-electron chi connectivity index (χ0n) is 49.3. The number of carbonyl (C=O) groups excluding carboxylic acids is 3. The van der Waals surface area contributed by atoms with Crippen molar-refractivity contribution in [1.29, 1.82) is 0 Å². The predicted molar refractivity (Wildman–Crippen MR) is 325 cm³/mol. The maximum atomic E-state index is 12.9. The van der Waals surface area contributed by atoms with Gasteiger partial charge in [-0.05, 0) is 83.5 Å². The fourth-order valence-electron chi connectivity index (χ4n) is 8.13. The first-order valence-electron chi connectivity index (χ1n) is 30.8. The zero-order chi connectivity index (χ0) is 56.9. The van der Waals surface area contributed by atoms with Crippen molar-refractivity contribution in [3.05, 3.63) is 109 Å². The number of carbonyl (C=O) groups is 3. The number of hydrogen-bond donors (Lipinski definition) is 2. The summed E-state index contributed by atoms with van der Waals surface area (Å²) in [6.07, 6.45) is 72.1. The van der Waals surface area contributed by atoms with Gasteiger partial charge in [0.15, 0.2) is 6.10 Å². The third-order valence-corrected chi connectivity index (χ3v) is 13.7. The summed E-state index contributed by atoms with van der Waals surface area (Å²) in [5.74, 6) is -1.63. The molecule has 0 heterocycles. The van der Waals surface area contributed by atoms with Gasteiger partial charge in [0, 0.05) is 12.8 Å². The maximum Gasteiger partial charge on any atom is 0.472 e. The summed E-state index contributed by atoms with van der Waals surface area (Å²) in [5.41, 5.74) is 0. The Kier molecular flexibility index (Phi) is 56.3. The van der Waals surface area contributed by atoms with Gasteiger partial charge in [-0.15, -0.1) is 0 Å². The van der Waals surface area contributed by atoms with Crippen molar-refractivity contribution < 1.29 is 52.2 Å². The molecule has 0 spiro atoms. The highest BCUT2D eigenvalue weighted by Gasteiger charge is 2.28. The monoisotopic (exact) mass is 1110 g/mol. The number of esters is 3. The molecule has 2 N–H and O–H groups in total. The maximum absolute atomic E-state index is 12.9. The molecule has 11 nitrogen and oxygen atoms in total. The van der Waals surface area contributed by atoms with E-state index < -0.39 is 64.4 Å². The van der Waals surface area contributed by atoms with Crippen LogP contribution in [-0.2, 0) is 42.2 Å². The molecule has 12 heteroatoms. The van der Waals surface area contributed by atoms with Gasteiger partial charge in [-0.3, -0.25) is 23.4 Å². The highest BCUT2D eigenvalue weighted by atomic mass is 31.2. The molecule has 3 unspecified atom stereocenters. The molecule has 0 saturated heterocycles. The Morgan fingerprint density at radius 3 is 1.09 bits per heavy atom. The van der Waals surface area contributed by atoms with E-state index in [1.807, 2.05) is 12.2 Å². The van der Waals surface area contributed by atoms with E-state index in [4.69, 9.17) is 23.3 Å². The molecule has 0 amide bonds. The molecule has 446 valence electrons. The topological polar surface area (TPSA) is 155 Å². The third-order valence-electron chi connectivity index (χ3n) is 12.7. The summed E-state index contributed by atoms with van der Waals surface area (Å²) in [6, 6.07) is 0. The van der Waals surface area contributed by atoms with Crippen molar-refractivity contribution in [2.75, 3.05) is 26.4 Å². The normalized spacial score (nSPS) is 14.1. The molecular weight excluding hydrogens is 1000 g/mol. The third kappa shape index (κ3) is 56.8. The van der Waals surface area contributed by atoms with Crippen LogP contribution in [0.15, 0.2) is 109 Å². The van der Waals surface area contributed by atoms with Gasteiger partial charge in [-0.2, -0.15) is 0 Å². The van der Waals surface area contributed by atoms with Crippen LogP contribution in [0.25, 0.3) is 0 Å². The van der Waals surface area contributed by atoms with Crippen LogP contribution in [0.3, 0.4) is 0 Å². The van der Waals surface area contributed by atoms with Gasteiger partial charge < -0.3 is 24.2 Å². The first kappa shape index (κ1) is 74.1. The summed E-state index contributed by atoms with van der Waals surface area (Å²) < 4.78 is 39.5. The second kappa shape index (κ2) is 59.3. The minimum atomic E-state index is -4.78. The lowest BCUT2D eigenvalue weighted by Crippen LogP contribution is -2.30. The lowest BCUT2D eigenvalue weighted by molar-refractivity contribution is -0.161. The Morgan fingerprint density at radius 1 is 0.385 bits per heavy atom. The molecule has 0 aliphatic heterocycles. The van der Waals surface area contributed by atoms with E-state index in [0.29, 0.717) is 19.3 Å². The van der Waals surface area contributed by atoms with Gasteiger partial charge in [0.25, 0.3) is 0 Å². The summed E-state index contributed by atoms with van der Waals surface area (Å²) in [7, 11) is -4.78. The minimum Gasteiger partial charge on any atom is -0.461 e. The first-order valence-corrected chi connectivity index (χ1v) is 32.3. The molecule has 0 radical (unpaired) electrons. The summed E-state index contributed by atoms with van der Waals surface area (Å²) in [4.78, 5) is 48.6. The predicted octanol–water partition coefficient (Wildman–Crippen LogP) is 18.6. The largest absolute Gasteiger partial charge is 0.472 e. The summed E-state index contributed by atoms with van der Waals surface area (Å²) in [6.45, 7) is 4.31. The van der Waals surface area contributed by atoms with Crippen LogP contribution in [0.5, 0.6) is 0 Å². The fraction of sp³-hybridized carbons (Fsp3) is 0.682. The molecule has 78 heavy (non-hydrogen) atoms. The molecule has 3 atom stereocenters. The smallest absolute Gasteiger partial charge is 0.461 e. The molecule has 0 aromatic carbocycles. The van der Waals surface area contributed by atoms with E-state index in [9.17, 15) is 28.9 Å². The van der Waals surface area contributed by atoms with Crippen LogP contribution in [0.4, 0.5) is 0 Å². The highest BCUT2D eigenvalue weighted by Crippen LogP contribution is 2.43. The van der Waals surface area contributed by atoms with E-state index in [-0.39, 0.29) is 19.3 Å². The minimum absolute atomic E-state index is 0.0130. The fourth-order valence-corrected chi connectivity index (χ4v) is 8.91. The van der Waals surface area contributed by atoms with E-state index in [2.05, 4.69) is 112 Å². The standard InChI is InChI=1S/C66H111O11P/c1-4-7-10-13-16-19-22-25-28-30-31-33-36-39-42-45-48-51-54-57-66(70)77-63(59-73-64(68)55-52-49-46-43-40-37-34-27-24-21-18-15-12-9-6-3)61-75-78(71,72)74-60-62(58-67)76-65(69)56-53-50-47-44-41-38-35-32-29-26-23-20-17-14-11-8-5-2/h7,9-10,12,16,18-19,21,25,27-28,31,33-34,40,43,49,52,62-63,67H,4-6,8,11,13-15,17,20,22-24,26,29-30,32,35-39,41-42,44-48,50-51,53-61H2,1-3H3,(H,71,72)/b10-7-,12-9-,19-16-,21-18-,28-25-,33-31-,34-27-,43-40-,52-49-. The number of rotatable bonds is 56. The van der Waals surface area contributed by atoms with Crippen LogP contribution in [0.1, 0.15) is 252 Å². The average molecular weight is 1110 g/mol. The molecule has 0 aromatic rings. The molecule has 0 saturated carbocycles. The molecule has 0 fully saturated rings. The van der Waals surface area contributed by atoms with Crippen molar-refractivity contribution in [1.82, 2.24) is 0 Å². The number of hydrogen-bond acceptors (Lipinski definition) is 10. The second-order valence-electron chi connectivity index (χ2n) is 20.1. The summed E-state index contributed by atoms with van der Waals surface area (Å²) >= 11 is 0. The first-order chi connectivity index (χ1) is 38.2. The molecule has 0 aliphatic rings. The van der Waals surface area contributed by atoms with Gasteiger partial charge in [0.2, 0.25) is 0 Å². The van der Waals surface area contributed by atoms with Crippen LogP contribution >= 0.6 is 7.82 Å². The number of phosphoric ester groups is 1. The number of unbranched alkanes of at least 4 members (excludes halogenated alkanes) is 22. The van der Waals surface area contributed by atoms with Crippen molar-refractivity contribution >= 4 is 25.7 Å². The number of aliphatic hydroxyl groups excluding tert-OH is 1. The molecule has 0 rings (SSSR count). The number of aliphatic hydroxyl groups is 1. The molecule has 0 aliphatic carbocycles. The lowest BCUT2D eigenvalue weighted by Gasteiger charge is -2.21. The Morgan fingerprint density at radius 2 is 0.705 bits per heavy atom.